The fourth-order valence-corrected chi connectivity index (χ4v) is 1.55. The average molecular weight is 254 g/mol. The quantitative estimate of drug-likeness (QED) is 0.801. The molecule has 0 aliphatic rings. The topological polar surface area (TPSA) is 29.1 Å². The Morgan fingerprint density at radius 1 is 1.24 bits per heavy atom. The van der Waals surface area contributed by atoms with Gasteiger partial charge in [-0.05, 0) is 29.5 Å². The van der Waals surface area contributed by atoms with Crippen LogP contribution in [-0.2, 0) is 0 Å². The van der Waals surface area contributed by atoms with Crippen LogP contribution in [0.3, 0.4) is 0 Å². The van der Waals surface area contributed by atoms with Gasteiger partial charge in [-0.25, -0.2) is 0 Å². The monoisotopic (exact) mass is 253 g/mol. The maximum absolute atomic E-state index is 11.8. The Balaban J connectivity index is 2.58. The first-order valence-corrected chi connectivity index (χ1v) is 6.52. The summed E-state index contributed by atoms with van der Waals surface area (Å²) in [6.07, 6.45) is 0. The Hall–Kier alpha value is -1.02. The summed E-state index contributed by atoms with van der Waals surface area (Å²) in [6, 6.07) is 7.75. The minimum absolute atomic E-state index is 0.0303. The van der Waals surface area contributed by atoms with Gasteiger partial charge in [0.05, 0.1) is 0 Å². The molecule has 0 heterocycles. The summed E-state index contributed by atoms with van der Waals surface area (Å²) < 4.78 is 0. The molecule has 0 radical (unpaired) electrons. The molecule has 1 atom stereocenters. The Kier molecular flexibility index (Phi) is 5.49. The van der Waals surface area contributed by atoms with E-state index in [0.717, 1.165) is 0 Å². The van der Waals surface area contributed by atoms with Crippen LogP contribution in [0, 0.1) is 5.92 Å². The lowest BCUT2D eigenvalue weighted by molar-refractivity contribution is 0.0949. The van der Waals surface area contributed by atoms with E-state index in [0.29, 0.717) is 29.8 Å². The minimum Gasteiger partial charge on any atom is -0.352 e. The Morgan fingerprint density at radius 2 is 1.82 bits per heavy atom. The maximum Gasteiger partial charge on any atom is 0.251 e. The second-order valence-corrected chi connectivity index (χ2v) is 5.05. The molecule has 0 fully saturated rings. The summed E-state index contributed by atoms with van der Waals surface area (Å²) >= 11 is 5.69. The van der Waals surface area contributed by atoms with E-state index in [-0.39, 0.29) is 5.91 Å². The number of carbonyl (C=O) groups excluding carboxylic acids is 1. The predicted molar refractivity (Wildman–Crippen MR) is 72.7 cm³/mol. The van der Waals surface area contributed by atoms with Crippen molar-refractivity contribution in [3.63, 3.8) is 0 Å². The van der Waals surface area contributed by atoms with E-state index in [1.165, 1.54) is 5.56 Å². The lowest BCUT2D eigenvalue weighted by Crippen LogP contribution is -2.28. The van der Waals surface area contributed by atoms with E-state index in [1.54, 1.807) is 0 Å². The van der Waals surface area contributed by atoms with Gasteiger partial charge in [0.2, 0.25) is 0 Å². The third kappa shape index (κ3) is 4.39. The van der Waals surface area contributed by atoms with Crippen LogP contribution in [0.15, 0.2) is 24.3 Å². The Bertz CT molecular complexity index is 359. The summed E-state index contributed by atoms with van der Waals surface area (Å²) in [6.45, 7) is 6.90. The van der Waals surface area contributed by atoms with Crippen LogP contribution in [-0.4, -0.2) is 18.3 Å². The zero-order valence-electron chi connectivity index (χ0n) is 10.7. The van der Waals surface area contributed by atoms with Crippen LogP contribution in [0.5, 0.6) is 0 Å². The van der Waals surface area contributed by atoms with Crippen molar-refractivity contribution in [2.75, 3.05) is 12.4 Å². The number of carbonyl (C=O) groups is 1. The molecule has 1 rings (SSSR count). The molecule has 0 aromatic heterocycles. The summed E-state index contributed by atoms with van der Waals surface area (Å²) in [5.74, 6) is 1.32. The number of nitrogens with one attached hydrogen (secondary N) is 1. The lowest BCUT2D eigenvalue weighted by Gasteiger charge is -2.10. The first-order chi connectivity index (χ1) is 8.04. The van der Waals surface area contributed by atoms with Crippen LogP contribution in [0.25, 0.3) is 0 Å². The van der Waals surface area contributed by atoms with Crippen molar-refractivity contribution in [1.29, 1.82) is 0 Å². The second-order valence-electron chi connectivity index (χ2n) is 4.75. The Labute approximate surface area is 108 Å². The van der Waals surface area contributed by atoms with Gasteiger partial charge in [-0.1, -0.05) is 32.9 Å². The van der Waals surface area contributed by atoms with Crippen molar-refractivity contribution in [3.05, 3.63) is 35.4 Å². The van der Waals surface area contributed by atoms with E-state index in [4.69, 9.17) is 11.6 Å². The smallest absolute Gasteiger partial charge is 0.251 e. The van der Waals surface area contributed by atoms with E-state index >= 15 is 0 Å². The van der Waals surface area contributed by atoms with Gasteiger partial charge in [-0.3, -0.25) is 4.79 Å². The summed E-state index contributed by atoms with van der Waals surface area (Å²) in [4.78, 5) is 11.8. The molecule has 1 aromatic carbocycles. The molecule has 1 unspecified atom stereocenters. The zero-order valence-corrected chi connectivity index (χ0v) is 11.4. The summed E-state index contributed by atoms with van der Waals surface area (Å²) in [5.41, 5.74) is 1.95. The molecule has 0 bridgehead atoms. The van der Waals surface area contributed by atoms with Crippen molar-refractivity contribution in [2.45, 2.75) is 26.7 Å². The molecule has 0 saturated heterocycles. The molecule has 0 aliphatic carbocycles. The van der Waals surface area contributed by atoms with Crippen molar-refractivity contribution in [3.8, 4) is 0 Å². The number of hydrogen-bond acceptors (Lipinski definition) is 1. The normalized spacial score (nSPS) is 12.5. The van der Waals surface area contributed by atoms with Gasteiger partial charge < -0.3 is 5.32 Å². The number of halogens is 1. The van der Waals surface area contributed by atoms with Crippen LogP contribution in [0.2, 0.25) is 0 Å². The molecular formula is C14H20ClNO. The third-order valence-electron chi connectivity index (χ3n) is 2.71. The molecule has 94 valence electrons. The maximum atomic E-state index is 11.8. The highest BCUT2D eigenvalue weighted by Gasteiger charge is 2.07. The first-order valence-electron chi connectivity index (χ1n) is 5.98. The van der Waals surface area contributed by atoms with Gasteiger partial charge in [0, 0.05) is 18.0 Å². The summed E-state index contributed by atoms with van der Waals surface area (Å²) in [5, 5.41) is 2.87. The molecule has 17 heavy (non-hydrogen) atoms. The molecule has 1 N–H and O–H groups in total. The fourth-order valence-electron chi connectivity index (χ4n) is 1.44. The van der Waals surface area contributed by atoms with Gasteiger partial charge in [0.15, 0.2) is 0 Å². The van der Waals surface area contributed by atoms with E-state index in [9.17, 15) is 4.79 Å². The molecule has 2 nitrogen and oxygen atoms in total. The van der Waals surface area contributed by atoms with Crippen molar-refractivity contribution in [1.82, 2.24) is 5.32 Å². The standard InChI is InChI=1S/C14H20ClNO/c1-10(2)12-4-6-13(7-5-12)14(17)16-9-11(3)8-15/h4-7,10-11H,8-9H2,1-3H3,(H,16,17). The van der Waals surface area contributed by atoms with Gasteiger partial charge in [0.25, 0.3) is 5.91 Å². The number of alkyl halides is 1. The van der Waals surface area contributed by atoms with Gasteiger partial charge in [-0.15, -0.1) is 11.6 Å². The van der Waals surface area contributed by atoms with Crippen molar-refractivity contribution < 1.29 is 4.79 Å². The third-order valence-corrected chi connectivity index (χ3v) is 3.24. The fraction of sp³-hybridized carbons (Fsp3) is 0.500. The van der Waals surface area contributed by atoms with Gasteiger partial charge >= 0.3 is 0 Å². The van der Waals surface area contributed by atoms with E-state index in [2.05, 4.69) is 19.2 Å². The highest BCUT2D eigenvalue weighted by atomic mass is 35.5. The molecule has 1 amide bonds. The number of rotatable bonds is 5. The van der Waals surface area contributed by atoms with Crippen LogP contribution in [0.1, 0.15) is 42.6 Å². The highest BCUT2D eigenvalue weighted by molar-refractivity contribution is 6.18. The molecule has 1 aromatic rings. The minimum atomic E-state index is -0.0303. The van der Waals surface area contributed by atoms with Crippen LogP contribution < -0.4 is 5.32 Å². The van der Waals surface area contributed by atoms with Crippen LogP contribution >= 0.6 is 11.6 Å². The molecule has 3 heteroatoms. The Morgan fingerprint density at radius 3 is 2.29 bits per heavy atom. The first kappa shape index (κ1) is 14.0. The van der Waals surface area contributed by atoms with Gasteiger partial charge in [0.1, 0.15) is 0 Å². The molecule has 0 spiro atoms. The number of amides is 1. The van der Waals surface area contributed by atoms with E-state index < -0.39 is 0 Å². The average Bonchev–Trinajstić information content (AvgIpc) is 2.35. The van der Waals surface area contributed by atoms with E-state index in [1.807, 2.05) is 31.2 Å². The molecule has 0 saturated carbocycles. The number of benzene rings is 1. The zero-order chi connectivity index (χ0) is 12.8. The molecule has 0 aliphatic heterocycles. The number of hydrogen-bond donors (Lipinski definition) is 1. The molecular weight excluding hydrogens is 234 g/mol. The summed E-state index contributed by atoms with van der Waals surface area (Å²) in [7, 11) is 0. The predicted octanol–water partition coefficient (Wildman–Crippen LogP) is 3.41. The van der Waals surface area contributed by atoms with Crippen molar-refractivity contribution in [2.24, 2.45) is 5.92 Å². The second kappa shape index (κ2) is 6.65. The van der Waals surface area contributed by atoms with Crippen molar-refractivity contribution >= 4 is 17.5 Å². The SMILES string of the molecule is CC(CCl)CNC(=O)c1ccc(C(C)C)cc1. The van der Waals surface area contributed by atoms with Crippen LogP contribution in [0.4, 0.5) is 0 Å². The highest BCUT2D eigenvalue weighted by Crippen LogP contribution is 2.14. The van der Waals surface area contributed by atoms with Gasteiger partial charge in [-0.2, -0.15) is 0 Å². The largest absolute Gasteiger partial charge is 0.352 e. The lowest BCUT2D eigenvalue weighted by atomic mass is 10.0.